The molecule has 0 radical (unpaired) electrons. The maximum atomic E-state index is 12.6. The van der Waals surface area contributed by atoms with Gasteiger partial charge in [0.05, 0.1) is 13.2 Å². The van der Waals surface area contributed by atoms with Crippen LogP contribution < -0.4 is 0 Å². The van der Waals surface area contributed by atoms with Gasteiger partial charge in [-0.15, -0.1) is 11.3 Å². The molecule has 1 atom stereocenters. The molecule has 1 aromatic heterocycles. The molecule has 5 nitrogen and oxygen atoms in total. The number of thiophene rings is 1. The Balaban J connectivity index is 1.25. The summed E-state index contributed by atoms with van der Waals surface area (Å²) in [6.07, 6.45) is 3.95. The van der Waals surface area contributed by atoms with Crippen molar-refractivity contribution in [1.29, 1.82) is 0 Å². The van der Waals surface area contributed by atoms with E-state index in [1.807, 2.05) is 16.2 Å². The highest BCUT2D eigenvalue weighted by atomic mass is 32.1. The van der Waals surface area contributed by atoms with Crippen LogP contribution in [-0.4, -0.2) is 61.4 Å². The van der Waals surface area contributed by atoms with Crippen molar-refractivity contribution in [3.8, 4) is 0 Å². The van der Waals surface area contributed by atoms with Crippen LogP contribution in [0.3, 0.4) is 0 Å². The molecule has 1 amide bonds. The molecule has 4 heterocycles. The minimum atomic E-state index is -0.0254. The van der Waals surface area contributed by atoms with Crippen LogP contribution in [0, 0.1) is 5.92 Å². The lowest BCUT2D eigenvalue weighted by molar-refractivity contribution is -0.133. The second-order valence-corrected chi connectivity index (χ2v) is 8.00. The smallest absolute Gasteiger partial charge is 0.224 e. The number of carbonyl (C=O) groups is 1. The molecule has 132 valence electrons. The molecule has 1 aromatic rings. The van der Waals surface area contributed by atoms with E-state index in [0.29, 0.717) is 18.2 Å². The highest BCUT2D eigenvalue weighted by Gasteiger charge is 2.31. The van der Waals surface area contributed by atoms with Gasteiger partial charge < -0.3 is 19.3 Å². The van der Waals surface area contributed by atoms with Crippen LogP contribution in [0.5, 0.6) is 0 Å². The molecule has 1 unspecified atom stereocenters. The number of likely N-dealkylation sites (tertiary alicyclic amines) is 1. The lowest BCUT2D eigenvalue weighted by Crippen LogP contribution is -2.43. The fourth-order valence-electron chi connectivity index (χ4n) is 4.04. The summed E-state index contributed by atoms with van der Waals surface area (Å²) < 4.78 is 11.3. The quantitative estimate of drug-likeness (QED) is 0.834. The standard InChI is InChI=1S/C18H26N2O3S/c21-17(20-8-3-16-14(13-20)5-11-24-16)4-7-19-6-1-2-15(12-19)18-22-9-10-23-18/h5,11,15,18H,1-4,6-10,12-13H2. The van der Waals surface area contributed by atoms with Crippen LogP contribution in [0.25, 0.3) is 0 Å². The summed E-state index contributed by atoms with van der Waals surface area (Å²) in [5.41, 5.74) is 1.34. The first-order valence-corrected chi connectivity index (χ1v) is 9.96. The van der Waals surface area contributed by atoms with Crippen LogP contribution in [0.4, 0.5) is 0 Å². The van der Waals surface area contributed by atoms with Gasteiger partial charge in [-0.25, -0.2) is 0 Å². The highest BCUT2D eigenvalue weighted by molar-refractivity contribution is 7.10. The van der Waals surface area contributed by atoms with E-state index in [2.05, 4.69) is 16.3 Å². The summed E-state index contributed by atoms with van der Waals surface area (Å²) >= 11 is 1.82. The van der Waals surface area contributed by atoms with Crippen LogP contribution in [0.2, 0.25) is 0 Å². The van der Waals surface area contributed by atoms with Crippen LogP contribution in [0.15, 0.2) is 11.4 Å². The van der Waals surface area contributed by atoms with E-state index < -0.39 is 0 Å². The number of rotatable bonds is 4. The Hall–Kier alpha value is -0.950. The molecule has 0 N–H and O–H groups in total. The predicted molar refractivity (Wildman–Crippen MR) is 92.9 cm³/mol. The SMILES string of the molecule is O=C(CCN1CCCC(C2OCCO2)C1)N1CCc2sccc2C1. The van der Waals surface area contributed by atoms with E-state index in [1.54, 1.807) is 0 Å². The van der Waals surface area contributed by atoms with Gasteiger partial charge in [0.25, 0.3) is 0 Å². The van der Waals surface area contributed by atoms with Crippen molar-refractivity contribution < 1.29 is 14.3 Å². The maximum Gasteiger partial charge on any atom is 0.224 e. The summed E-state index contributed by atoms with van der Waals surface area (Å²) in [5, 5.41) is 2.14. The average Bonchev–Trinajstić information content (AvgIpc) is 3.30. The molecule has 0 aromatic carbocycles. The van der Waals surface area contributed by atoms with Crippen LogP contribution in [0.1, 0.15) is 29.7 Å². The molecule has 0 saturated carbocycles. The van der Waals surface area contributed by atoms with Gasteiger partial charge in [-0.05, 0) is 42.8 Å². The molecule has 3 aliphatic heterocycles. The molecule has 0 aliphatic carbocycles. The molecular formula is C18H26N2O3S. The third-order valence-corrected chi connectivity index (χ3v) is 6.40. The van der Waals surface area contributed by atoms with Crippen molar-refractivity contribution in [3.05, 3.63) is 21.9 Å². The van der Waals surface area contributed by atoms with Crippen molar-refractivity contribution in [2.75, 3.05) is 39.4 Å². The first kappa shape index (κ1) is 16.5. The Labute approximate surface area is 147 Å². The summed E-state index contributed by atoms with van der Waals surface area (Å²) in [7, 11) is 0. The number of nitrogens with zero attached hydrogens (tertiary/aromatic N) is 2. The fraction of sp³-hybridized carbons (Fsp3) is 0.722. The van der Waals surface area contributed by atoms with Gasteiger partial charge in [-0.1, -0.05) is 0 Å². The molecule has 4 rings (SSSR count). The molecule has 6 heteroatoms. The average molecular weight is 350 g/mol. The zero-order valence-electron chi connectivity index (χ0n) is 14.1. The van der Waals surface area contributed by atoms with Crippen molar-refractivity contribution in [1.82, 2.24) is 9.80 Å². The monoisotopic (exact) mass is 350 g/mol. The number of hydrogen-bond acceptors (Lipinski definition) is 5. The normalized spacial score (nSPS) is 25.8. The lowest BCUT2D eigenvalue weighted by atomic mass is 9.97. The van der Waals surface area contributed by atoms with E-state index >= 15 is 0 Å². The number of hydrogen-bond donors (Lipinski definition) is 0. The van der Waals surface area contributed by atoms with E-state index in [9.17, 15) is 4.79 Å². The summed E-state index contributed by atoms with van der Waals surface area (Å²) in [5.74, 6) is 0.752. The Kier molecular flexibility index (Phi) is 5.17. The lowest BCUT2D eigenvalue weighted by Gasteiger charge is -2.35. The molecule has 3 aliphatic rings. The summed E-state index contributed by atoms with van der Waals surface area (Å²) in [6.45, 7) is 6.05. The van der Waals surface area contributed by atoms with E-state index in [1.165, 1.54) is 23.3 Å². The van der Waals surface area contributed by atoms with Crippen molar-refractivity contribution in [3.63, 3.8) is 0 Å². The second-order valence-electron chi connectivity index (χ2n) is 7.00. The van der Waals surface area contributed by atoms with Crippen molar-refractivity contribution in [2.24, 2.45) is 5.92 Å². The van der Waals surface area contributed by atoms with Crippen molar-refractivity contribution >= 4 is 17.2 Å². The highest BCUT2D eigenvalue weighted by Crippen LogP contribution is 2.26. The van der Waals surface area contributed by atoms with Gasteiger partial charge in [0, 0.05) is 43.4 Å². The Morgan fingerprint density at radius 2 is 2.17 bits per heavy atom. The largest absolute Gasteiger partial charge is 0.350 e. The Morgan fingerprint density at radius 1 is 1.29 bits per heavy atom. The zero-order chi connectivity index (χ0) is 16.4. The van der Waals surface area contributed by atoms with Gasteiger partial charge in [-0.3, -0.25) is 4.79 Å². The van der Waals surface area contributed by atoms with Gasteiger partial charge in [-0.2, -0.15) is 0 Å². The third kappa shape index (κ3) is 3.67. The van der Waals surface area contributed by atoms with Gasteiger partial charge >= 0.3 is 0 Å². The molecule has 0 spiro atoms. The van der Waals surface area contributed by atoms with Gasteiger partial charge in [0.15, 0.2) is 6.29 Å². The van der Waals surface area contributed by atoms with Gasteiger partial charge in [0.2, 0.25) is 5.91 Å². The minimum Gasteiger partial charge on any atom is -0.350 e. The maximum absolute atomic E-state index is 12.6. The first-order valence-electron chi connectivity index (χ1n) is 9.08. The topological polar surface area (TPSA) is 42.0 Å². The molecule has 0 bridgehead atoms. The fourth-order valence-corrected chi connectivity index (χ4v) is 4.93. The zero-order valence-corrected chi connectivity index (χ0v) is 14.9. The number of piperidine rings is 1. The van der Waals surface area contributed by atoms with E-state index in [4.69, 9.17) is 9.47 Å². The summed E-state index contributed by atoms with van der Waals surface area (Å²) in [6, 6.07) is 2.16. The molecular weight excluding hydrogens is 324 g/mol. The Bertz CT molecular complexity index is 570. The number of fused-ring (bicyclic) bond motifs is 1. The summed E-state index contributed by atoms with van der Waals surface area (Å²) in [4.78, 5) is 18.5. The van der Waals surface area contributed by atoms with Crippen LogP contribution >= 0.6 is 11.3 Å². The number of amides is 1. The second kappa shape index (κ2) is 7.52. The van der Waals surface area contributed by atoms with Gasteiger partial charge in [0.1, 0.15) is 0 Å². The number of ether oxygens (including phenoxy) is 2. The first-order chi connectivity index (χ1) is 11.8. The van der Waals surface area contributed by atoms with Crippen molar-refractivity contribution in [2.45, 2.75) is 38.5 Å². The Morgan fingerprint density at radius 3 is 3.04 bits per heavy atom. The predicted octanol–water partition coefficient (Wildman–Crippen LogP) is 2.11. The molecule has 2 fully saturated rings. The molecule has 24 heavy (non-hydrogen) atoms. The minimum absolute atomic E-state index is 0.0254. The third-order valence-electron chi connectivity index (χ3n) is 5.38. The molecule has 2 saturated heterocycles. The van der Waals surface area contributed by atoms with E-state index in [-0.39, 0.29) is 6.29 Å². The van der Waals surface area contributed by atoms with E-state index in [0.717, 1.165) is 52.4 Å². The van der Waals surface area contributed by atoms with Crippen LogP contribution in [-0.2, 0) is 27.2 Å². The number of carbonyl (C=O) groups excluding carboxylic acids is 1.